The number of ketones is 1. The van der Waals surface area contributed by atoms with Crippen LogP contribution in [0, 0.1) is 6.92 Å². The molecule has 0 saturated carbocycles. The topological polar surface area (TPSA) is 60.7 Å². The number of aromatic nitrogens is 4. The fourth-order valence-electron chi connectivity index (χ4n) is 1.55. The number of hydrogen-bond acceptors (Lipinski definition) is 4. The molecule has 0 bridgehead atoms. The van der Waals surface area contributed by atoms with Crippen LogP contribution >= 0.6 is 0 Å². The Morgan fingerprint density at radius 1 is 1.33 bits per heavy atom. The molecule has 0 aliphatic rings. The van der Waals surface area contributed by atoms with E-state index < -0.39 is 0 Å². The van der Waals surface area contributed by atoms with E-state index in [0.29, 0.717) is 11.7 Å². The van der Waals surface area contributed by atoms with Gasteiger partial charge < -0.3 is 0 Å². The van der Waals surface area contributed by atoms with Gasteiger partial charge in [0.05, 0.1) is 24.0 Å². The van der Waals surface area contributed by atoms with Gasteiger partial charge in [-0.05, 0) is 26.8 Å². The SMILES string of the molecule is Cc1cnc(C(=O)Cc2ccn(C(C)C)n2)cn1. The Morgan fingerprint density at radius 3 is 2.67 bits per heavy atom. The summed E-state index contributed by atoms with van der Waals surface area (Å²) < 4.78 is 1.84. The van der Waals surface area contributed by atoms with Crippen LogP contribution in [-0.4, -0.2) is 25.5 Å². The van der Waals surface area contributed by atoms with E-state index in [2.05, 4.69) is 15.1 Å². The maximum absolute atomic E-state index is 12.0. The first-order valence-corrected chi connectivity index (χ1v) is 5.92. The van der Waals surface area contributed by atoms with E-state index in [4.69, 9.17) is 0 Å². The summed E-state index contributed by atoms with van der Waals surface area (Å²) in [4.78, 5) is 20.1. The van der Waals surface area contributed by atoms with Crippen molar-refractivity contribution in [3.63, 3.8) is 0 Å². The molecule has 5 nitrogen and oxygen atoms in total. The Bertz CT molecular complexity index is 542. The molecule has 0 fully saturated rings. The molecule has 0 spiro atoms. The summed E-state index contributed by atoms with van der Waals surface area (Å²) in [6.45, 7) is 5.93. The molecule has 18 heavy (non-hydrogen) atoms. The summed E-state index contributed by atoms with van der Waals surface area (Å²) in [5, 5.41) is 4.34. The Hall–Kier alpha value is -2.04. The molecule has 2 aromatic rings. The van der Waals surface area contributed by atoms with Gasteiger partial charge in [0.2, 0.25) is 0 Å². The minimum absolute atomic E-state index is 0.0588. The lowest BCUT2D eigenvalue weighted by Gasteiger charge is -2.03. The predicted molar refractivity (Wildman–Crippen MR) is 67.4 cm³/mol. The zero-order chi connectivity index (χ0) is 13.1. The second-order valence-electron chi connectivity index (χ2n) is 4.52. The summed E-state index contributed by atoms with van der Waals surface area (Å²) in [6.07, 6.45) is 5.25. The van der Waals surface area contributed by atoms with Crippen molar-refractivity contribution in [2.75, 3.05) is 0 Å². The third-order valence-electron chi connectivity index (χ3n) is 2.60. The van der Waals surface area contributed by atoms with E-state index in [9.17, 15) is 4.79 Å². The first-order chi connectivity index (χ1) is 8.56. The summed E-state index contributed by atoms with van der Waals surface area (Å²) in [7, 11) is 0. The maximum atomic E-state index is 12.0. The van der Waals surface area contributed by atoms with Crippen molar-refractivity contribution in [3.8, 4) is 0 Å². The smallest absolute Gasteiger partial charge is 0.188 e. The Balaban J connectivity index is 2.08. The lowest BCUT2D eigenvalue weighted by molar-refractivity contribution is 0.0986. The van der Waals surface area contributed by atoms with Crippen molar-refractivity contribution in [2.45, 2.75) is 33.2 Å². The summed E-state index contributed by atoms with van der Waals surface area (Å²) in [5.74, 6) is -0.0588. The van der Waals surface area contributed by atoms with Crippen molar-refractivity contribution in [3.05, 3.63) is 41.7 Å². The zero-order valence-electron chi connectivity index (χ0n) is 10.8. The third kappa shape index (κ3) is 2.80. The molecule has 0 radical (unpaired) electrons. The molecule has 0 N–H and O–H groups in total. The lowest BCUT2D eigenvalue weighted by atomic mass is 10.2. The molecule has 0 aromatic carbocycles. The molecule has 0 atom stereocenters. The first kappa shape index (κ1) is 12.4. The normalized spacial score (nSPS) is 10.9. The van der Waals surface area contributed by atoms with Crippen LogP contribution in [0.25, 0.3) is 0 Å². The molecule has 2 aromatic heterocycles. The molecule has 2 rings (SSSR count). The number of Topliss-reactive ketones (excluding diaryl/α,β-unsaturated/α-hetero) is 1. The second-order valence-corrected chi connectivity index (χ2v) is 4.52. The molecule has 0 aliphatic heterocycles. The highest BCUT2D eigenvalue weighted by atomic mass is 16.1. The zero-order valence-corrected chi connectivity index (χ0v) is 10.8. The number of aryl methyl sites for hydroxylation is 1. The number of carbonyl (C=O) groups excluding carboxylic acids is 1. The standard InChI is InChI=1S/C13H16N4O/c1-9(2)17-5-4-11(16-17)6-13(18)12-8-14-10(3)7-15-12/h4-5,7-9H,6H2,1-3H3. The number of rotatable bonds is 4. The Morgan fingerprint density at radius 2 is 2.11 bits per heavy atom. The molecule has 0 unspecified atom stereocenters. The Kier molecular flexibility index (Phi) is 3.50. The molecule has 5 heteroatoms. The van der Waals surface area contributed by atoms with Crippen LogP contribution in [0.4, 0.5) is 0 Å². The van der Waals surface area contributed by atoms with Gasteiger partial charge in [0.1, 0.15) is 5.69 Å². The molecule has 0 saturated heterocycles. The molecule has 0 aliphatic carbocycles. The highest BCUT2D eigenvalue weighted by molar-refractivity contribution is 5.95. The average Bonchev–Trinajstić information content (AvgIpc) is 2.78. The Labute approximate surface area is 106 Å². The van der Waals surface area contributed by atoms with Crippen molar-refractivity contribution >= 4 is 5.78 Å². The van der Waals surface area contributed by atoms with E-state index in [1.54, 1.807) is 6.20 Å². The van der Waals surface area contributed by atoms with Crippen LogP contribution in [-0.2, 0) is 6.42 Å². The third-order valence-corrected chi connectivity index (χ3v) is 2.60. The molecule has 2 heterocycles. The highest BCUT2D eigenvalue weighted by Gasteiger charge is 2.11. The second kappa shape index (κ2) is 5.08. The summed E-state index contributed by atoms with van der Waals surface area (Å²) in [6, 6.07) is 2.16. The molecule has 0 amide bonds. The fraction of sp³-hybridized carbons (Fsp3) is 0.385. The monoisotopic (exact) mass is 244 g/mol. The van der Waals surface area contributed by atoms with E-state index in [1.165, 1.54) is 6.20 Å². The van der Waals surface area contributed by atoms with Gasteiger partial charge in [-0.15, -0.1) is 0 Å². The largest absolute Gasteiger partial charge is 0.292 e. The van der Waals surface area contributed by atoms with E-state index >= 15 is 0 Å². The van der Waals surface area contributed by atoms with Crippen molar-refractivity contribution in [1.82, 2.24) is 19.7 Å². The minimum atomic E-state index is -0.0588. The van der Waals surface area contributed by atoms with Gasteiger partial charge in [-0.1, -0.05) is 0 Å². The van der Waals surface area contributed by atoms with Gasteiger partial charge in [-0.2, -0.15) is 5.10 Å². The molecular weight excluding hydrogens is 228 g/mol. The maximum Gasteiger partial charge on any atom is 0.188 e. The van der Waals surface area contributed by atoms with E-state index in [-0.39, 0.29) is 12.2 Å². The van der Waals surface area contributed by atoms with Gasteiger partial charge in [0.25, 0.3) is 0 Å². The van der Waals surface area contributed by atoms with Crippen molar-refractivity contribution in [2.24, 2.45) is 0 Å². The van der Waals surface area contributed by atoms with Crippen LogP contribution in [0.2, 0.25) is 0 Å². The number of hydrogen-bond donors (Lipinski definition) is 0. The van der Waals surface area contributed by atoms with Crippen molar-refractivity contribution < 1.29 is 4.79 Å². The van der Waals surface area contributed by atoms with E-state index in [0.717, 1.165) is 11.4 Å². The lowest BCUT2D eigenvalue weighted by Crippen LogP contribution is -2.08. The minimum Gasteiger partial charge on any atom is -0.292 e. The summed E-state index contributed by atoms with van der Waals surface area (Å²) >= 11 is 0. The van der Waals surface area contributed by atoms with Crippen LogP contribution in [0.15, 0.2) is 24.7 Å². The average molecular weight is 244 g/mol. The summed E-state index contributed by atoms with van der Waals surface area (Å²) in [5.41, 5.74) is 1.95. The van der Waals surface area contributed by atoms with Gasteiger partial charge in [-0.3, -0.25) is 14.5 Å². The van der Waals surface area contributed by atoms with Crippen LogP contribution in [0.5, 0.6) is 0 Å². The van der Waals surface area contributed by atoms with Gasteiger partial charge in [0, 0.05) is 18.4 Å². The molecule has 94 valence electrons. The molecular formula is C13H16N4O. The first-order valence-electron chi connectivity index (χ1n) is 5.92. The van der Waals surface area contributed by atoms with Gasteiger partial charge >= 0.3 is 0 Å². The van der Waals surface area contributed by atoms with Gasteiger partial charge in [0.15, 0.2) is 5.78 Å². The van der Waals surface area contributed by atoms with E-state index in [1.807, 2.05) is 37.7 Å². The van der Waals surface area contributed by atoms with Crippen molar-refractivity contribution in [1.29, 1.82) is 0 Å². The quantitative estimate of drug-likeness (QED) is 0.772. The fourth-order valence-corrected chi connectivity index (χ4v) is 1.55. The predicted octanol–water partition coefficient (Wildman–Crippen LogP) is 1.99. The van der Waals surface area contributed by atoms with Crippen LogP contribution < -0.4 is 0 Å². The highest BCUT2D eigenvalue weighted by Crippen LogP contribution is 2.07. The van der Waals surface area contributed by atoms with Crippen LogP contribution in [0.3, 0.4) is 0 Å². The van der Waals surface area contributed by atoms with Gasteiger partial charge in [-0.25, -0.2) is 4.98 Å². The number of nitrogens with zero attached hydrogens (tertiary/aromatic N) is 4. The number of carbonyl (C=O) groups is 1. The van der Waals surface area contributed by atoms with Crippen LogP contribution in [0.1, 0.15) is 41.8 Å².